The van der Waals surface area contributed by atoms with Crippen LogP contribution in [0, 0.1) is 0 Å². The van der Waals surface area contributed by atoms with E-state index >= 15 is 0 Å². The van der Waals surface area contributed by atoms with Gasteiger partial charge in [-0.3, -0.25) is 19.2 Å². The molecule has 0 spiro atoms. The molecule has 36 heavy (non-hydrogen) atoms. The van der Waals surface area contributed by atoms with E-state index in [-0.39, 0.29) is 6.42 Å². The van der Waals surface area contributed by atoms with Crippen molar-refractivity contribution in [3.05, 3.63) is 35.9 Å². The molecule has 1 rings (SSSR count). The Labute approximate surface area is 209 Å². The van der Waals surface area contributed by atoms with Gasteiger partial charge in [0, 0.05) is 6.42 Å². The van der Waals surface area contributed by atoms with Gasteiger partial charge in [-0.1, -0.05) is 36.8 Å². The maximum Gasteiger partial charge on any atom is 0.326 e. The first kappa shape index (κ1) is 30.5. The number of primary amides is 1. The fourth-order valence-electron chi connectivity index (χ4n) is 3.30. The molecule has 0 aliphatic rings. The number of carbonyl (C=O) groups excluding carboxylic acids is 4. The Morgan fingerprint density at radius 1 is 0.917 bits per heavy atom. The highest BCUT2D eigenvalue weighted by molar-refractivity contribution is 5.96. The highest BCUT2D eigenvalue weighted by atomic mass is 16.4. The molecule has 13 nitrogen and oxygen atoms in total. The summed E-state index contributed by atoms with van der Waals surface area (Å²) < 4.78 is 0. The summed E-state index contributed by atoms with van der Waals surface area (Å²) in [5, 5.41) is 26.4. The number of hydrogen-bond donors (Lipinski definition) is 8. The lowest BCUT2D eigenvalue weighted by Crippen LogP contribution is -2.60. The Hall–Kier alpha value is -3.55. The standard InChI is InChI=1S/C23H36N6O7/c1-13(30)19(29-20(32)15(25)9-5-6-10-24)22(34)27-16(12-18(26)31)21(33)28-17(23(35)36)11-14-7-3-2-4-8-14/h2-4,7-8,13,15-17,19,30H,5-6,9-12,24-25H2,1H3,(H2,26,31)(H,27,34)(H,28,33)(H,29,32)(H,35,36). The number of rotatable bonds is 16. The van der Waals surface area contributed by atoms with Crippen LogP contribution in [0.5, 0.6) is 0 Å². The average Bonchev–Trinajstić information content (AvgIpc) is 2.81. The van der Waals surface area contributed by atoms with E-state index in [1.165, 1.54) is 6.92 Å². The summed E-state index contributed by atoms with van der Waals surface area (Å²) >= 11 is 0. The molecule has 0 heterocycles. The number of unbranched alkanes of at least 4 members (excludes halogenated alkanes) is 1. The molecular formula is C23H36N6O7. The van der Waals surface area contributed by atoms with E-state index in [1.54, 1.807) is 30.3 Å². The number of benzene rings is 1. The summed E-state index contributed by atoms with van der Waals surface area (Å²) in [6.45, 7) is 1.68. The van der Waals surface area contributed by atoms with E-state index in [0.29, 0.717) is 31.4 Å². The smallest absolute Gasteiger partial charge is 0.326 e. The van der Waals surface area contributed by atoms with Crippen molar-refractivity contribution in [3.63, 3.8) is 0 Å². The predicted molar refractivity (Wildman–Crippen MR) is 130 cm³/mol. The van der Waals surface area contributed by atoms with Gasteiger partial charge in [0.05, 0.1) is 18.6 Å². The molecule has 0 saturated carbocycles. The summed E-state index contributed by atoms with van der Waals surface area (Å²) in [5.74, 6) is -4.92. The first-order valence-corrected chi connectivity index (χ1v) is 11.6. The Balaban J connectivity index is 2.93. The molecule has 0 radical (unpaired) electrons. The van der Waals surface area contributed by atoms with Crippen molar-refractivity contribution in [2.45, 2.75) is 69.3 Å². The quantitative estimate of drug-likeness (QED) is 0.110. The highest BCUT2D eigenvalue weighted by Gasteiger charge is 2.33. The van der Waals surface area contributed by atoms with Crippen LogP contribution in [0.1, 0.15) is 38.2 Å². The molecule has 0 bridgehead atoms. The van der Waals surface area contributed by atoms with Crippen molar-refractivity contribution in [1.82, 2.24) is 16.0 Å². The first-order valence-electron chi connectivity index (χ1n) is 11.6. The van der Waals surface area contributed by atoms with Crippen LogP contribution in [0.3, 0.4) is 0 Å². The summed E-state index contributed by atoms with van der Waals surface area (Å²) in [6, 6.07) is 3.17. The van der Waals surface area contributed by atoms with Crippen molar-refractivity contribution < 1.29 is 34.2 Å². The van der Waals surface area contributed by atoms with E-state index in [4.69, 9.17) is 17.2 Å². The maximum absolute atomic E-state index is 12.8. The number of carbonyl (C=O) groups is 5. The van der Waals surface area contributed by atoms with Crippen LogP contribution >= 0.6 is 0 Å². The minimum Gasteiger partial charge on any atom is -0.480 e. The number of aliphatic hydroxyl groups is 1. The molecule has 1 aromatic carbocycles. The van der Waals surface area contributed by atoms with Crippen LogP contribution in [0.15, 0.2) is 30.3 Å². The van der Waals surface area contributed by atoms with Gasteiger partial charge in [0.2, 0.25) is 23.6 Å². The molecular weight excluding hydrogens is 472 g/mol. The molecule has 13 heteroatoms. The van der Waals surface area contributed by atoms with Gasteiger partial charge in [-0.2, -0.15) is 0 Å². The monoisotopic (exact) mass is 508 g/mol. The van der Waals surface area contributed by atoms with Crippen molar-refractivity contribution in [1.29, 1.82) is 0 Å². The van der Waals surface area contributed by atoms with Gasteiger partial charge in [-0.05, 0) is 31.9 Å². The number of nitrogens with one attached hydrogen (secondary N) is 3. The largest absolute Gasteiger partial charge is 0.480 e. The second-order valence-electron chi connectivity index (χ2n) is 8.44. The van der Waals surface area contributed by atoms with E-state index < -0.39 is 66.3 Å². The zero-order chi connectivity index (χ0) is 27.3. The topological polar surface area (TPSA) is 240 Å². The number of aliphatic hydroxyl groups excluding tert-OH is 1. The zero-order valence-corrected chi connectivity index (χ0v) is 20.2. The fourth-order valence-corrected chi connectivity index (χ4v) is 3.30. The second-order valence-corrected chi connectivity index (χ2v) is 8.44. The molecule has 5 atom stereocenters. The molecule has 1 aromatic rings. The van der Waals surface area contributed by atoms with Crippen LogP contribution in [0.25, 0.3) is 0 Å². The predicted octanol–water partition coefficient (Wildman–Crippen LogP) is -2.52. The van der Waals surface area contributed by atoms with Gasteiger partial charge in [-0.15, -0.1) is 0 Å². The highest BCUT2D eigenvalue weighted by Crippen LogP contribution is 2.06. The third kappa shape index (κ3) is 10.8. The SMILES string of the molecule is CC(O)C(NC(=O)C(N)CCCCN)C(=O)NC(CC(N)=O)C(=O)NC(Cc1ccccc1)C(=O)O. The van der Waals surface area contributed by atoms with Crippen molar-refractivity contribution in [2.75, 3.05) is 6.54 Å². The van der Waals surface area contributed by atoms with Gasteiger partial charge in [0.25, 0.3) is 0 Å². The molecule has 0 aliphatic carbocycles. The van der Waals surface area contributed by atoms with Gasteiger partial charge >= 0.3 is 5.97 Å². The van der Waals surface area contributed by atoms with Crippen molar-refractivity contribution >= 4 is 29.6 Å². The van der Waals surface area contributed by atoms with Crippen molar-refractivity contribution in [3.8, 4) is 0 Å². The molecule has 0 saturated heterocycles. The fraction of sp³-hybridized carbons (Fsp3) is 0.522. The molecule has 0 aliphatic heterocycles. The lowest BCUT2D eigenvalue weighted by Gasteiger charge is -2.26. The minimum absolute atomic E-state index is 0.0481. The zero-order valence-electron chi connectivity index (χ0n) is 20.2. The number of aliphatic carboxylic acids is 1. The summed E-state index contributed by atoms with van der Waals surface area (Å²) in [7, 11) is 0. The van der Waals surface area contributed by atoms with Gasteiger partial charge in [-0.25, -0.2) is 4.79 Å². The third-order valence-electron chi connectivity index (χ3n) is 5.30. The van der Waals surface area contributed by atoms with Gasteiger partial charge in [0.1, 0.15) is 18.1 Å². The Morgan fingerprint density at radius 3 is 2.06 bits per heavy atom. The van der Waals surface area contributed by atoms with Crippen molar-refractivity contribution in [2.24, 2.45) is 17.2 Å². The van der Waals surface area contributed by atoms with Crippen LogP contribution in [-0.2, 0) is 30.4 Å². The van der Waals surface area contributed by atoms with Crippen LogP contribution in [-0.4, -0.2) is 76.6 Å². The van der Waals surface area contributed by atoms with E-state index in [1.807, 2.05) is 0 Å². The van der Waals surface area contributed by atoms with Crippen LogP contribution < -0.4 is 33.2 Å². The van der Waals surface area contributed by atoms with E-state index in [9.17, 15) is 34.2 Å². The first-order chi connectivity index (χ1) is 17.0. The summed E-state index contributed by atoms with van der Waals surface area (Å²) in [5.41, 5.74) is 17.1. The number of carboxylic acid groups (broad SMARTS) is 1. The van der Waals surface area contributed by atoms with Crippen LogP contribution in [0.4, 0.5) is 0 Å². The summed E-state index contributed by atoms with van der Waals surface area (Å²) in [4.78, 5) is 61.2. The van der Waals surface area contributed by atoms with E-state index in [0.717, 1.165) is 0 Å². The molecule has 0 aromatic heterocycles. The molecule has 11 N–H and O–H groups in total. The Bertz CT molecular complexity index is 896. The van der Waals surface area contributed by atoms with Crippen LogP contribution in [0.2, 0.25) is 0 Å². The molecule has 4 amide bonds. The molecule has 5 unspecified atom stereocenters. The lowest BCUT2D eigenvalue weighted by atomic mass is 10.0. The Morgan fingerprint density at radius 2 is 1.53 bits per heavy atom. The average molecular weight is 509 g/mol. The Kier molecular flexibility index (Phi) is 13.1. The molecule has 200 valence electrons. The van der Waals surface area contributed by atoms with Gasteiger partial charge < -0.3 is 43.4 Å². The number of carboxylic acids is 1. The maximum atomic E-state index is 12.8. The third-order valence-corrected chi connectivity index (χ3v) is 5.30. The molecule has 0 fully saturated rings. The second kappa shape index (κ2) is 15.4. The lowest BCUT2D eigenvalue weighted by molar-refractivity contribution is -0.142. The number of amides is 4. The summed E-state index contributed by atoms with van der Waals surface area (Å²) in [6.07, 6.45) is -0.519. The normalized spacial score (nSPS) is 15.0. The number of nitrogens with two attached hydrogens (primary N) is 3. The minimum atomic E-state index is -1.55. The van der Waals surface area contributed by atoms with E-state index in [2.05, 4.69) is 16.0 Å². The number of hydrogen-bond acceptors (Lipinski definition) is 8. The van der Waals surface area contributed by atoms with Gasteiger partial charge in [0.15, 0.2) is 0 Å².